The number of amides is 1. The van der Waals surface area contributed by atoms with E-state index in [9.17, 15) is 22.8 Å². The smallest absolute Gasteiger partial charge is 0.374 e. The second-order valence-electron chi connectivity index (χ2n) is 4.72. The molecule has 0 saturated heterocycles. The van der Waals surface area contributed by atoms with Crippen LogP contribution in [0.1, 0.15) is 24.4 Å². The molecule has 1 rings (SSSR count). The Balaban J connectivity index is 3.13. The van der Waals surface area contributed by atoms with E-state index in [0.717, 1.165) is 19.2 Å². The minimum Gasteiger partial charge on any atom is -0.480 e. The zero-order valence-electron chi connectivity index (χ0n) is 13.3. The largest absolute Gasteiger partial charge is 0.480 e. The van der Waals surface area contributed by atoms with E-state index in [2.05, 4.69) is 10.1 Å². The van der Waals surface area contributed by atoms with Gasteiger partial charge in [-0.15, -0.1) is 0 Å². The summed E-state index contributed by atoms with van der Waals surface area (Å²) in [5, 5.41) is 10.9. The Morgan fingerprint density at radius 2 is 2.00 bits per heavy atom. The number of hydrogen-bond donors (Lipinski definition) is 2. The number of carbonyl (C=O) groups excluding carboxylic acids is 2. The summed E-state index contributed by atoms with van der Waals surface area (Å²) in [5.74, 6) is -2.96. The summed E-state index contributed by atoms with van der Waals surface area (Å²) in [6, 6.07) is 0.730. The summed E-state index contributed by atoms with van der Waals surface area (Å²) in [5.41, 5.74) is 0. The highest BCUT2D eigenvalue weighted by Gasteiger charge is 2.35. The van der Waals surface area contributed by atoms with Gasteiger partial charge in [-0.2, -0.15) is 4.31 Å². The van der Waals surface area contributed by atoms with E-state index in [1.807, 2.05) is 0 Å². The van der Waals surface area contributed by atoms with E-state index in [0.29, 0.717) is 4.31 Å². The zero-order chi connectivity index (χ0) is 18.5. The number of hydrogen-bond acceptors (Lipinski definition) is 7. The van der Waals surface area contributed by atoms with Crippen molar-refractivity contribution in [2.45, 2.75) is 25.0 Å². The Morgan fingerprint density at radius 1 is 1.38 bits per heavy atom. The molecule has 0 fully saturated rings. The lowest BCUT2D eigenvalue weighted by atomic mass is 10.3. The molecule has 10 nitrogen and oxygen atoms in total. The van der Waals surface area contributed by atoms with Gasteiger partial charge in [0.1, 0.15) is 6.04 Å². The Morgan fingerprint density at radius 3 is 2.50 bits per heavy atom. The Bertz CT molecular complexity index is 724. The van der Waals surface area contributed by atoms with Crippen LogP contribution in [0, 0.1) is 0 Å². The highest BCUT2D eigenvalue weighted by molar-refractivity contribution is 7.89. The average molecular weight is 362 g/mol. The SMILES string of the molecule is COC(=O)c1ccc(S(=O)(=O)N(CCNC(C)=O)C(C)C(=O)O)o1. The minimum absolute atomic E-state index is 0.0866. The zero-order valence-corrected chi connectivity index (χ0v) is 14.1. The van der Waals surface area contributed by atoms with Crippen molar-refractivity contribution in [3.05, 3.63) is 17.9 Å². The van der Waals surface area contributed by atoms with Gasteiger partial charge in [0.25, 0.3) is 10.0 Å². The third-order valence-corrected chi connectivity index (χ3v) is 4.87. The molecule has 0 aliphatic carbocycles. The number of carboxylic acids is 1. The Labute approximate surface area is 138 Å². The first-order valence-electron chi connectivity index (χ1n) is 6.78. The monoisotopic (exact) mass is 362 g/mol. The highest BCUT2D eigenvalue weighted by atomic mass is 32.2. The van der Waals surface area contributed by atoms with Crippen molar-refractivity contribution >= 4 is 27.9 Å². The van der Waals surface area contributed by atoms with E-state index >= 15 is 0 Å². The summed E-state index contributed by atoms with van der Waals surface area (Å²) in [7, 11) is -3.23. The van der Waals surface area contributed by atoms with Crippen molar-refractivity contribution in [3.63, 3.8) is 0 Å². The molecule has 1 heterocycles. The summed E-state index contributed by atoms with van der Waals surface area (Å²) >= 11 is 0. The molecular formula is C13H18N2O8S. The molecule has 1 aromatic rings. The fourth-order valence-corrected chi connectivity index (χ4v) is 3.28. The number of nitrogens with zero attached hydrogens (tertiary/aromatic N) is 1. The van der Waals surface area contributed by atoms with Crippen LogP contribution in [0.25, 0.3) is 0 Å². The van der Waals surface area contributed by atoms with E-state index in [4.69, 9.17) is 9.52 Å². The van der Waals surface area contributed by atoms with Gasteiger partial charge in [-0.25, -0.2) is 13.2 Å². The number of carboxylic acid groups (broad SMARTS) is 1. The molecule has 1 unspecified atom stereocenters. The van der Waals surface area contributed by atoms with Gasteiger partial charge in [0.05, 0.1) is 7.11 Å². The van der Waals surface area contributed by atoms with Crippen LogP contribution in [-0.4, -0.2) is 61.9 Å². The van der Waals surface area contributed by atoms with E-state index < -0.39 is 33.1 Å². The normalized spacial score (nSPS) is 12.7. The molecule has 2 N–H and O–H groups in total. The summed E-state index contributed by atoms with van der Waals surface area (Å²) < 4.78 is 35.2. The Kier molecular flexibility index (Phi) is 6.49. The van der Waals surface area contributed by atoms with Crippen molar-refractivity contribution in [1.29, 1.82) is 0 Å². The van der Waals surface area contributed by atoms with Crippen molar-refractivity contribution in [1.82, 2.24) is 9.62 Å². The van der Waals surface area contributed by atoms with Crippen LogP contribution in [0.2, 0.25) is 0 Å². The maximum Gasteiger partial charge on any atom is 0.374 e. The number of ether oxygens (including phenoxy) is 1. The molecule has 1 amide bonds. The van der Waals surface area contributed by atoms with Gasteiger partial charge in [-0.3, -0.25) is 9.59 Å². The molecule has 0 spiro atoms. The lowest BCUT2D eigenvalue weighted by Crippen LogP contribution is -2.46. The fourth-order valence-electron chi connectivity index (χ4n) is 1.77. The molecule has 24 heavy (non-hydrogen) atoms. The molecule has 0 saturated carbocycles. The quantitative estimate of drug-likeness (QED) is 0.598. The van der Waals surface area contributed by atoms with Crippen LogP contribution >= 0.6 is 0 Å². The minimum atomic E-state index is -4.34. The molecule has 0 aliphatic rings. The van der Waals surface area contributed by atoms with Crippen molar-refractivity contribution in [2.75, 3.05) is 20.2 Å². The summed E-state index contributed by atoms with van der Waals surface area (Å²) in [6.07, 6.45) is 0. The number of rotatable bonds is 8. The van der Waals surface area contributed by atoms with E-state index in [1.165, 1.54) is 13.8 Å². The van der Waals surface area contributed by atoms with Crippen molar-refractivity contribution in [3.8, 4) is 0 Å². The third kappa shape index (κ3) is 4.55. The maximum absolute atomic E-state index is 12.6. The molecule has 0 radical (unpaired) electrons. The maximum atomic E-state index is 12.6. The van der Waals surface area contributed by atoms with Crippen molar-refractivity contribution < 1.29 is 37.1 Å². The van der Waals surface area contributed by atoms with Crippen LogP contribution in [0.3, 0.4) is 0 Å². The number of carbonyl (C=O) groups is 3. The first kappa shape index (κ1) is 19.6. The summed E-state index contributed by atoms with van der Waals surface area (Å²) in [6.45, 7) is 2.05. The molecular weight excluding hydrogens is 344 g/mol. The van der Waals surface area contributed by atoms with Gasteiger partial charge < -0.3 is 19.6 Å². The van der Waals surface area contributed by atoms with Crippen LogP contribution in [0.5, 0.6) is 0 Å². The van der Waals surface area contributed by atoms with Crippen molar-refractivity contribution in [2.24, 2.45) is 0 Å². The predicted molar refractivity (Wildman–Crippen MR) is 79.7 cm³/mol. The van der Waals surface area contributed by atoms with Crippen LogP contribution in [0.4, 0.5) is 0 Å². The number of furan rings is 1. The number of esters is 1. The van der Waals surface area contributed by atoms with Gasteiger partial charge in [0, 0.05) is 20.0 Å². The van der Waals surface area contributed by atoms with E-state index in [1.54, 1.807) is 0 Å². The molecule has 0 aliphatic heterocycles. The van der Waals surface area contributed by atoms with Crippen LogP contribution in [0.15, 0.2) is 21.6 Å². The fraction of sp³-hybridized carbons (Fsp3) is 0.462. The van der Waals surface area contributed by atoms with Crippen LogP contribution < -0.4 is 5.32 Å². The Hall–Kier alpha value is -2.40. The highest BCUT2D eigenvalue weighted by Crippen LogP contribution is 2.21. The molecule has 134 valence electrons. The number of sulfonamides is 1. The van der Waals surface area contributed by atoms with Gasteiger partial charge >= 0.3 is 11.9 Å². The van der Waals surface area contributed by atoms with Gasteiger partial charge in [-0.1, -0.05) is 0 Å². The lowest BCUT2D eigenvalue weighted by Gasteiger charge is -2.24. The second-order valence-corrected chi connectivity index (χ2v) is 6.54. The number of aliphatic carboxylic acids is 1. The standard InChI is InChI=1S/C13H18N2O8S/c1-8(12(17)18)15(7-6-14-9(2)16)24(20,21)11-5-4-10(23-11)13(19)22-3/h4-5,8H,6-7H2,1-3H3,(H,14,16)(H,17,18). The number of methoxy groups -OCH3 is 1. The van der Waals surface area contributed by atoms with E-state index in [-0.39, 0.29) is 24.8 Å². The third-order valence-electron chi connectivity index (χ3n) is 3.03. The topological polar surface area (TPSA) is 143 Å². The first-order chi connectivity index (χ1) is 11.1. The summed E-state index contributed by atoms with van der Waals surface area (Å²) in [4.78, 5) is 33.4. The number of nitrogens with one attached hydrogen (secondary N) is 1. The molecule has 1 aromatic heterocycles. The lowest BCUT2D eigenvalue weighted by molar-refractivity contribution is -0.140. The van der Waals surface area contributed by atoms with Gasteiger partial charge in [0.2, 0.25) is 16.8 Å². The molecule has 0 bridgehead atoms. The molecule has 11 heteroatoms. The van der Waals surface area contributed by atoms with Gasteiger partial charge in [-0.05, 0) is 19.1 Å². The average Bonchev–Trinajstić information content (AvgIpc) is 3.00. The van der Waals surface area contributed by atoms with Gasteiger partial charge in [0.15, 0.2) is 0 Å². The second kappa shape index (κ2) is 7.93. The van der Waals surface area contributed by atoms with Crippen LogP contribution in [-0.2, 0) is 24.3 Å². The molecule has 0 aromatic carbocycles. The first-order valence-corrected chi connectivity index (χ1v) is 8.22. The predicted octanol–water partition coefficient (Wildman–Crippen LogP) is -0.334. The molecule has 1 atom stereocenters.